The molecule has 0 atom stereocenters. The Bertz CT molecular complexity index is 2040. The Balaban J connectivity index is 1.17. The van der Waals surface area contributed by atoms with Gasteiger partial charge in [0, 0.05) is 48.0 Å². The minimum atomic E-state index is -0.426. The van der Waals surface area contributed by atoms with E-state index < -0.39 is 5.91 Å². The zero-order valence-electron chi connectivity index (χ0n) is 27.9. The summed E-state index contributed by atoms with van der Waals surface area (Å²) in [5, 5.41) is 6.44. The quantitative estimate of drug-likeness (QED) is 0.174. The van der Waals surface area contributed by atoms with Gasteiger partial charge >= 0.3 is 0 Å². The number of aromatic nitrogens is 3. The number of amides is 3. The molecule has 0 saturated carbocycles. The van der Waals surface area contributed by atoms with Crippen LogP contribution in [0.2, 0.25) is 0 Å². The predicted molar refractivity (Wildman–Crippen MR) is 188 cm³/mol. The van der Waals surface area contributed by atoms with E-state index in [1.807, 2.05) is 51.1 Å². The van der Waals surface area contributed by atoms with Gasteiger partial charge in [0.05, 0.1) is 12.1 Å². The molecule has 10 nitrogen and oxygen atoms in total. The molecular weight excluding hydrogens is 604 g/mol. The standard InChI is InChI=1S/C38H38N6O4/c1-23-12-15-32(26(4)31(23)22-48-33-11-7-9-29-24(2)19-25(3)42-37(29)33)44(6)36(46)21-41-35(45)17-14-28-13-16-34(40-20-28)43-38(47)30-10-8-18-39-27(30)5/h7-20H,21-22H2,1-6H3,(H,41,45)(H,40,43,47). The van der Waals surface area contributed by atoms with Gasteiger partial charge in [0.1, 0.15) is 23.7 Å². The number of hydrogen-bond donors (Lipinski definition) is 2. The van der Waals surface area contributed by atoms with Crippen LogP contribution in [0.3, 0.4) is 0 Å². The van der Waals surface area contributed by atoms with E-state index in [0.29, 0.717) is 35.0 Å². The van der Waals surface area contributed by atoms with E-state index in [1.165, 1.54) is 12.3 Å². The molecule has 48 heavy (non-hydrogen) atoms. The summed E-state index contributed by atoms with van der Waals surface area (Å²) in [5.74, 6) is 0.0725. The van der Waals surface area contributed by atoms with Gasteiger partial charge in [-0.05, 0) is 111 Å². The van der Waals surface area contributed by atoms with Crippen LogP contribution >= 0.6 is 0 Å². The van der Waals surface area contributed by atoms with E-state index in [1.54, 1.807) is 55.4 Å². The van der Waals surface area contributed by atoms with Crippen LogP contribution in [-0.2, 0) is 16.2 Å². The molecule has 5 rings (SSSR count). The van der Waals surface area contributed by atoms with Crippen LogP contribution in [-0.4, -0.2) is 46.3 Å². The molecule has 2 aromatic carbocycles. The third-order valence-electron chi connectivity index (χ3n) is 8.17. The molecule has 2 N–H and O–H groups in total. The summed E-state index contributed by atoms with van der Waals surface area (Å²) in [6, 6.07) is 18.6. The fraction of sp³-hybridized carbons (Fsp3) is 0.211. The minimum absolute atomic E-state index is 0.184. The van der Waals surface area contributed by atoms with Gasteiger partial charge in [-0.15, -0.1) is 0 Å². The Labute approximate surface area is 279 Å². The minimum Gasteiger partial charge on any atom is -0.487 e. The van der Waals surface area contributed by atoms with Crippen molar-refractivity contribution in [2.45, 2.75) is 41.2 Å². The van der Waals surface area contributed by atoms with E-state index in [-0.39, 0.29) is 18.4 Å². The van der Waals surface area contributed by atoms with E-state index in [4.69, 9.17) is 9.72 Å². The molecule has 3 heterocycles. The number of rotatable bonds is 10. The average molecular weight is 643 g/mol. The molecule has 0 fully saturated rings. The van der Waals surface area contributed by atoms with Crippen molar-refractivity contribution in [1.82, 2.24) is 20.3 Å². The van der Waals surface area contributed by atoms with Crippen LogP contribution in [0.15, 0.2) is 79.1 Å². The Hall–Kier alpha value is -5.90. The SMILES string of the molecule is Cc1cc(C)c2cccc(OCc3c(C)ccc(N(C)C(=O)CNC(=O)C=Cc4ccc(NC(=O)c5cccnc5C)nc4)c3C)c2n1. The first-order valence-electron chi connectivity index (χ1n) is 15.5. The first kappa shape index (κ1) is 33.5. The largest absolute Gasteiger partial charge is 0.487 e. The van der Waals surface area contributed by atoms with Crippen molar-refractivity contribution in [3.05, 3.63) is 124 Å². The molecule has 5 aromatic rings. The number of para-hydroxylation sites is 1. The van der Waals surface area contributed by atoms with Gasteiger partial charge < -0.3 is 20.3 Å². The lowest BCUT2D eigenvalue weighted by Crippen LogP contribution is -2.38. The van der Waals surface area contributed by atoms with Crippen LogP contribution in [0.25, 0.3) is 17.0 Å². The van der Waals surface area contributed by atoms with Crippen molar-refractivity contribution in [3.63, 3.8) is 0 Å². The first-order valence-corrected chi connectivity index (χ1v) is 15.5. The number of carbonyl (C=O) groups excluding carboxylic acids is 3. The smallest absolute Gasteiger partial charge is 0.258 e. The van der Waals surface area contributed by atoms with Crippen molar-refractivity contribution in [2.75, 3.05) is 23.8 Å². The molecule has 0 unspecified atom stereocenters. The van der Waals surface area contributed by atoms with Gasteiger partial charge in [0.25, 0.3) is 5.91 Å². The summed E-state index contributed by atoms with van der Waals surface area (Å²) in [4.78, 5) is 52.8. The Morgan fingerprint density at radius 2 is 1.73 bits per heavy atom. The van der Waals surface area contributed by atoms with Gasteiger partial charge in [-0.3, -0.25) is 19.4 Å². The Kier molecular flexibility index (Phi) is 10.2. The van der Waals surface area contributed by atoms with Crippen LogP contribution in [0.4, 0.5) is 11.5 Å². The number of benzene rings is 2. The maximum atomic E-state index is 13.1. The average Bonchev–Trinajstić information content (AvgIpc) is 3.06. The number of nitrogens with one attached hydrogen (secondary N) is 2. The molecule has 0 aliphatic rings. The number of anilines is 2. The molecule has 0 spiro atoms. The van der Waals surface area contributed by atoms with Crippen LogP contribution < -0.4 is 20.3 Å². The summed E-state index contributed by atoms with van der Waals surface area (Å²) in [6.45, 7) is 9.91. The van der Waals surface area contributed by atoms with Crippen molar-refractivity contribution < 1.29 is 19.1 Å². The van der Waals surface area contributed by atoms with Gasteiger partial charge in [-0.25, -0.2) is 9.97 Å². The number of ether oxygens (including phenoxy) is 1. The fourth-order valence-electron chi connectivity index (χ4n) is 5.42. The van der Waals surface area contributed by atoms with Crippen LogP contribution in [0, 0.1) is 34.6 Å². The van der Waals surface area contributed by atoms with Gasteiger partial charge in [0.15, 0.2) is 0 Å². The van der Waals surface area contributed by atoms with E-state index in [9.17, 15) is 14.4 Å². The summed E-state index contributed by atoms with van der Waals surface area (Å²) in [5.41, 5.74) is 8.31. The molecule has 10 heteroatoms. The number of pyridine rings is 3. The summed E-state index contributed by atoms with van der Waals surface area (Å²) >= 11 is 0. The monoisotopic (exact) mass is 642 g/mol. The third-order valence-corrected chi connectivity index (χ3v) is 8.17. The summed E-state index contributed by atoms with van der Waals surface area (Å²) < 4.78 is 6.30. The second-order valence-electron chi connectivity index (χ2n) is 11.6. The molecule has 3 aromatic heterocycles. The molecule has 0 aliphatic heterocycles. The predicted octanol–water partition coefficient (Wildman–Crippen LogP) is 6.19. The summed E-state index contributed by atoms with van der Waals surface area (Å²) in [6.07, 6.45) is 6.08. The van der Waals surface area contributed by atoms with Crippen LogP contribution in [0.1, 0.15) is 49.6 Å². The molecular formula is C38H38N6O4. The normalized spacial score (nSPS) is 11.0. The molecule has 244 valence electrons. The number of hydrogen-bond acceptors (Lipinski definition) is 7. The van der Waals surface area contributed by atoms with Gasteiger partial charge in [-0.1, -0.05) is 18.2 Å². The molecule has 3 amide bonds. The van der Waals surface area contributed by atoms with E-state index in [0.717, 1.165) is 44.5 Å². The van der Waals surface area contributed by atoms with Crippen molar-refractivity contribution >= 4 is 46.2 Å². The molecule has 0 saturated heterocycles. The second kappa shape index (κ2) is 14.7. The maximum absolute atomic E-state index is 13.1. The summed E-state index contributed by atoms with van der Waals surface area (Å²) in [7, 11) is 1.69. The maximum Gasteiger partial charge on any atom is 0.258 e. The Morgan fingerprint density at radius 1 is 0.917 bits per heavy atom. The number of nitrogens with zero attached hydrogens (tertiary/aromatic N) is 4. The number of likely N-dealkylation sites (N-methyl/N-ethyl adjacent to an activating group) is 1. The zero-order valence-corrected chi connectivity index (χ0v) is 27.9. The lowest BCUT2D eigenvalue weighted by atomic mass is 10.0. The highest BCUT2D eigenvalue weighted by Gasteiger charge is 2.18. The van der Waals surface area contributed by atoms with Crippen molar-refractivity contribution in [2.24, 2.45) is 0 Å². The van der Waals surface area contributed by atoms with Crippen molar-refractivity contribution in [1.29, 1.82) is 0 Å². The lowest BCUT2D eigenvalue weighted by Gasteiger charge is -2.23. The van der Waals surface area contributed by atoms with E-state index in [2.05, 4.69) is 33.6 Å². The highest BCUT2D eigenvalue weighted by atomic mass is 16.5. The number of carbonyl (C=O) groups is 3. The number of aryl methyl sites for hydroxylation is 4. The Morgan fingerprint density at radius 3 is 2.48 bits per heavy atom. The van der Waals surface area contributed by atoms with Crippen molar-refractivity contribution in [3.8, 4) is 5.75 Å². The number of fused-ring (bicyclic) bond motifs is 1. The fourth-order valence-corrected chi connectivity index (χ4v) is 5.42. The highest BCUT2D eigenvalue weighted by Crippen LogP contribution is 2.30. The lowest BCUT2D eigenvalue weighted by molar-refractivity contribution is -0.122. The molecule has 0 bridgehead atoms. The van der Waals surface area contributed by atoms with Gasteiger partial charge in [-0.2, -0.15) is 0 Å². The molecule has 0 radical (unpaired) electrons. The van der Waals surface area contributed by atoms with Crippen LogP contribution in [0.5, 0.6) is 5.75 Å². The second-order valence-corrected chi connectivity index (χ2v) is 11.6. The zero-order chi connectivity index (χ0) is 34.4. The third kappa shape index (κ3) is 7.72. The van der Waals surface area contributed by atoms with Gasteiger partial charge in [0.2, 0.25) is 11.8 Å². The topological polar surface area (TPSA) is 126 Å². The first-order chi connectivity index (χ1) is 23.0. The highest BCUT2D eigenvalue weighted by molar-refractivity contribution is 6.04. The molecule has 0 aliphatic carbocycles. The van der Waals surface area contributed by atoms with E-state index >= 15 is 0 Å².